The third-order valence-corrected chi connectivity index (χ3v) is 3.68. The highest BCUT2D eigenvalue weighted by Crippen LogP contribution is 2.26. The highest BCUT2D eigenvalue weighted by molar-refractivity contribution is 6.33. The smallest absolute Gasteiger partial charge is 0.229 e. The standard InChI is InChI=1S/C19H19ClN4/c1-13(2)21-18-12-17(14-8-4-3-5-9-14)23-19(24-18)22-16-11-7-6-10-15(16)20/h3-13H,1-2H3,(H2,21,22,23,24). The van der Waals surface area contributed by atoms with Gasteiger partial charge in [-0.25, -0.2) is 4.98 Å². The molecule has 3 rings (SSSR count). The van der Waals surface area contributed by atoms with Gasteiger partial charge in [-0.1, -0.05) is 54.1 Å². The van der Waals surface area contributed by atoms with Gasteiger partial charge in [0.25, 0.3) is 0 Å². The van der Waals surface area contributed by atoms with E-state index >= 15 is 0 Å². The summed E-state index contributed by atoms with van der Waals surface area (Å²) >= 11 is 6.22. The molecule has 0 saturated heterocycles. The number of anilines is 3. The second-order valence-corrected chi connectivity index (χ2v) is 6.14. The molecule has 0 fully saturated rings. The molecule has 5 heteroatoms. The van der Waals surface area contributed by atoms with E-state index in [0.717, 1.165) is 22.8 Å². The van der Waals surface area contributed by atoms with E-state index in [-0.39, 0.29) is 6.04 Å². The van der Waals surface area contributed by atoms with E-state index in [2.05, 4.69) is 34.4 Å². The summed E-state index contributed by atoms with van der Waals surface area (Å²) in [4.78, 5) is 9.17. The largest absolute Gasteiger partial charge is 0.368 e. The Morgan fingerprint density at radius 1 is 0.917 bits per heavy atom. The zero-order valence-corrected chi connectivity index (χ0v) is 14.4. The third kappa shape index (κ3) is 4.03. The number of nitrogens with zero attached hydrogens (tertiary/aromatic N) is 2. The Morgan fingerprint density at radius 2 is 1.62 bits per heavy atom. The van der Waals surface area contributed by atoms with Gasteiger partial charge in [0.15, 0.2) is 0 Å². The van der Waals surface area contributed by atoms with Gasteiger partial charge >= 0.3 is 0 Å². The fraction of sp³-hybridized carbons (Fsp3) is 0.158. The minimum atomic E-state index is 0.275. The van der Waals surface area contributed by atoms with E-state index in [4.69, 9.17) is 11.6 Å². The van der Waals surface area contributed by atoms with E-state index in [1.54, 1.807) is 0 Å². The number of rotatable bonds is 5. The predicted molar refractivity (Wildman–Crippen MR) is 101 cm³/mol. The van der Waals surface area contributed by atoms with E-state index in [1.807, 2.05) is 60.7 Å². The maximum Gasteiger partial charge on any atom is 0.229 e. The summed E-state index contributed by atoms with van der Waals surface area (Å²) in [5, 5.41) is 7.16. The first-order chi connectivity index (χ1) is 11.6. The molecule has 0 aliphatic heterocycles. The third-order valence-electron chi connectivity index (χ3n) is 3.35. The molecule has 1 aromatic heterocycles. The second kappa shape index (κ2) is 7.32. The van der Waals surface area contributed by atoms with Crippen LogP contribution in [0, 0.1) is 0 Å². The lowest BCUT2D eigenvalue weighted by atomic mass is 10.1. The average Bonchev–Trinajstić information content (AvgIpc) is 2.57. The van der Waals surface area contributed by atoms with Crippen molar-refractivity contribution in [1.82, 2.24) is 9.97 Å². The molecule has 0 aliphatic rings. The van der Waals surface area contributed by atoms with Crippen LogP contribution in [0.5, 0.6) is 0 Å². The van der Waals surface area contributed by atoms with Crippen molar-refractivity contribution in [1.29, 1.82) is 0 Å². The first-order valence-corrected chi connectivity index (χ1v) is 8.22. The van der Waals surface area contributed by atoms with Crippen molar-refractivity contribution >= 4 is 29.1 Å². The topological polar surface area (TPSA) is 49.8 Å². The van der Waals surface area contributed by atoms with Crippen molar-refractivity contribution in [3.8, 4) is 11.3 Å². The summed E-state index contributed by atoms with van der Waals surface area (Å²) in [6, 6.07) is 19.8. The molecule has 0 atom stereocenters. The average molecular weight is 339 g/mol. The quantitative estimate of drug-likeness (QED) is 0.657. The Balaban J connectivity index is 2.00. The molecule has 122 valence electrons. The molecule has 0 bridgehead atoms. The lowest BCUT2D eigenvalue weighted by Crippen LogP contribution is -2.12. The number of benzene rings is 2. The van der Waals surface area contributed by atoms with Gasteiger partial charge in [-0.3, -0.25) is 0 Å². The molecule has 3 aromatic rings. The fourth-order valence-corrected chi connectivity index (χ4v) is 2.50. The van der Waals surface area contributed by atoms with Crippen molar-refractivity contribution in [2.75, 3.05) is 10.6 Å². The van der Waals surface area contributed by atoms with Gasteiger partial charge in [0.2, 0.25) is 5.95 Å². The van der Waals surface area contributed by atoms with Crippen molar-refractivity contribution in [2.45, 2.75) is 19.9 Å². The van der Waals surface area contributed by atoms with Gasteiger partial charge in [-0.2, -0.15) is 4.98 Å². The summed E-state index contributed by atoms with van der Waals surface area (Å²) in [6.45, 7) is 4.15. The molecule has 2 aromatic carbocycles. The van der Waals surface area contributed by atoms with E-state index in [1.165, 1.54) is 0 Å². The Kier molecular flexibility index (Phi) is 4.96. The second-order valence-electron chi connectivity index (χ2n) is 5.73. The van der Waals surface area contributed by atoms with Crippen LogP contribution in [0.4, 0.5) is 17.5 Å². The first-order valence-electron chi connectivity index (χ1n) is 7.84. The maximum absolute atomic E-state index is 6.22. The van der Waals surface area contributed by atoms with Crippen LogP contribution < -0.4 is 10.6 Å². The van der Waals surface area contributed by atoms with Crippen LogP contribution in [0.1, 0.15) is 13.8 Å². The summed E-state index contributed by atoms with van der Waals surface area (Å²) < 4.78 is 0. The normalized spacial score (nSPS) is 10.7. The van der Waals surface area contributed by atoms with Gasteiger partial charge in [0, 0.05) is 17.7 Å². The molecule has 2 N–H and O–H groups in total. The molecule has 4 nitrogen and oxygen atoms in total. The van der Waals surface area contributed by atoms with E-state index in [9.17, 15) is 0 Å². The molecule has 1 heterocycles. The summed E-state index contributed by atoms with van der Waals surface area (Å²) in [5.74, 6) is 1.28. The van der Waals surface area contributed by atoms with Crippen molar-refractivity contribution in [2.24, 2.45) is 0 Å². The monoisotopic (exact) mass is 338 g/mol. The van der Waals surface area contributed by atoms with Crippen molar-refractivity contribution < 1.29 is 0 Å². The Labute approximate surface area is 146 Å². The van der Waals surface area contributed by atoms with Crippen LogP contribution in [-0.2, 0) is 0 Å². The number of hydrogen-bond acceptors (Lipinski definition) is 4. The Bertz CT molecular complexity index is 819. The predicted octanol–water partition coefficient (Wildman–Crippen LogP) is 5.36. The van der Waals surface area contributed by atoms with Crippen LogP contribution in [0.3, 0.4) is 0 Å². The van der Waals surface area contributed by atoms with Crippen LogP contribution in [0.25, 0.3) is 11.3 Å². The zero-order valence-electron chi connectivity index (χ0n) is 13.6. The highest BCUT2D eigenvalue weighted by Gasteiger charge is 2.09. The number of para-hydroxylation sites is 1. The van der Waals surface area contributed by atoms with Crippen molar-refractivity contribution in [3.05, 3.63) is 65.7 Å². The van der Waals surface area contributed by atoms with Crippen LogP contribution >= 0.6 is 11.6 Å². The van der Waals surface area contributed by atoms with Crippen LogP contribution in [-0.4, -0.2) is 16.0 Å². The number of nitrogens with one attached hydrogen (secondary N) is 2. The summed E-state index contributed by atoms with van der Waals surface area (Å²) in [7, 11) is 0. The first kappa shape index (κ1) is 16.3. The van der Waals surface area contributed by atoms with E-state index in [0.29, 0.717) is 11.0 Å². The molecule has 0 amide bonds. The minimum absolute atomic E-state index is 0.275. The van der Waals surface area contributed by atoms with E-state index < -0.39 is 0 Å². The highest BCUT2D eigenvalue weighted by atomic mass is 35.5. The lowest BCUT2D eigenvalue weighted by molar-refractivity contribution is 0.887. The molecular formula is C19H19ClN4. The van der Waals surface area contributed by atoms with Gasteiger partial charge in [0.05, 0.1) is 16.4 Å². The maximum atomic E-state index is 6.22. The molecule has 0 radical (unpaired) electrons. The molecule has 0 saturated carbocycles. The van der Waals surface area contributed by atoms with Gasteiger partial charge in [-0.15, -0.1) is 0 Å². The molecule has 0 aliphatic carbocycles. The van der Waals surface area contributed by atoms with Crippen molar-refractivity contribution in [3.63, 3.8) is 0 Å². The molecule has 24 heavy (non-hydrogen) atoms. The van der Waals surface area contributed by atoms with Gasteiger partial charge < -0.3 is 10.6 Å². The molecule has 0 unspecified atom stereocenters. The van der Waals surface area contributed by atoms with Gasteiger partial charge in [-0.05, 0) is 26.0 Å². The zero-order chi connectivity index (χ0) is 16.9. The Hall–Kier alpha value is -2.59. The molecule has 0 spiro atoms. The van der Waals surface area contributed by atoms with Crippen LogP contribution in [0.2, 0.25) is 5.02 Å². The van der Waals surface area contributed by atoms with Gasteiger partial charge in [0.1, 0.15) is 5.82 Å². The van der Waals surface area contributed by atoms with Crippen LogP contribution in [0.15, 0.2) is 60.7 Å². The Morgan fingerprint density at radius 3 is 2.33 bits per heavy atom. The SMILES string of the molecule is CC(C)Nc1cc(-c2ccccc2)nc(Nc2ccccc2Cl)n1. The number of aromatic nitrogens is 2. The molecular weight excluding hydrogens is 320 g/mol. The lowest BCUT2D eigenvalue weighted by Gasteiger charge is -2.13. The fourth-order valence-electron chi connectivity index (χ4n) is 2.31. The summed E-state index contributed by atoms with van der Waals surface area (Å²) in [6.07, 6.45) is 0. The number of halogens is 1. The number of hydrogen-bond donors (Lipinski definition) is 2. The summed E-state index contributed by atoms with van der Waals surface area (Å²) in [5.41, 5.74) is 2.66. The minimum Gasteiger partial charge on any atom is -0.368 e.